The highest BCUT2D eigenvalue weighted by atomic mass is 127. The van der Waals surface area contributed by atoms with Crippen LogP contribution in [0.1, 0.15) is 22.3 Å². The average molecular weight is 329 g/mol. The first kappa shape index (κ1) is 12.1. The normalized spacial score (nSPS) is 10.5. The minimum absolute atomic E-state index is 0.189. The van der Waals surface area contributed by atoms with Crippen molar-refractivity contribution in [1.29, 1.82) is 0 Å². The summed E-state index contributed by atoms with van der Waals surface area (Å²) in [5.41, 5.74) is -1.17. The molecule has 15 heavy (non-hydrogen) atoms. The van der Waals surface area contributed by atoms with Gasteiger partial charge in [-0.05, 0) is 22.6 Å². The highest BCUT2D eigenvalue weighted by Gasteiger charge is 2.25. The topological polar surface area (TPSA) is 59.4 Å². The molecule has 0 aliphatic heterocycles. The molecular weight excluding hydrogens is 323 g/mol. The van der Waals surface area contributed by atoms with Gasteiger partial charge < -0.3 is 9.84 Å². The van der Waals surface area contributed by atoms with Crippen LogP contribution in [-0.2, 0) is 0 Å². The van der Waals surface area contributed by atoms with Crippen molar-refractivity contribution < 1.29 is 23.4 Å². The Hall–Kier alpha value is -0.990. The van der Waals surface area contributed by atoms with Crippen LogP contribution in [0.5, 0.6) is 5.75 Å². The molecule has 1 aromatic heterocycles. The van der Waals surface area contributed by atoms with E-state index in [9.17, 15) is 13.6 Å². The first-order valence-electron chi connectivity index (χ1n) is 3.72. The number of carboxylic acids is 1. The molecule has 0 unspecified atom stereocenters. The second-order valence-corrected chi connectivity index (χ2v) is 3.54. The fraction of sp³-hybridized carbons (Fsp3) is 0.250. The van der Waals surface area contributed by atoms with Crippen molar-refractivity contribution in [1.82, 2.24) is 4.98 Å². The van der Waals surface area contributed by atoms with Gasteiger partial charge in [-0.25, -0.2) is 18.6 Å². The molecule has 0 aromatic carbocycles. The summed E-state index contributed by atoms with van der Waals surface area (Å²) in [6.45, 7) is 0. The van der Waals surface area contributed by atoms with Crippen LogP contribution in [0.4, 0.5) is 8.78 Å². The number of aromatic carboxylic acids is 1. The molecule has 1 N–H and O–H groups in total. The van der Waals surface area contributed by atoms with Gasteiger partial charge in [0.1, 0.15) is 3.70 Å². The van der Waals surface area contributed by atoms with Crippen LogP contribution in [0.15, 0.2) is 6.20 Å². The van der Waals surface area contributed by atoms with Crippen LogP contribution in [0.3, 0.4) is 0 Å². The molecule has 0 bridgehead atoms. The van der Waals surface area contributed by atoms with Crippen molar-refractivity contribution in [2.75, 3.05) is 7.11 Å². The zero-order valence-corrected chi connectivity index (χ0v) is 9.66. The van der Waals surface area contributed by atoms with E-state index in [0.29, 0.717) is 0 Å². The van der Waals surface area contributed by atoms with Crippen LogP contribution in [0, 0.1) is 3.70 Å². The second-order valence-electron chi connectivity index (χ2n) is 2.52. The Kier molecular flexibility index (Phi) is 3.77. The lowest BCUT2D eigenvalue weighted by Gasteiger charge is -2.11. The maximum atomic E-state index is 12.6. The van der Waals surface area contributed by atoms with E-state index in [2.05, 4.69) is 4.98 Å². The number of alkyl halides is 2. The van der Waals surface area contributed by atoms with Crippen molar-refractivity contribution in [3.63, 3.8) is 0 Å². The Morgan fingerprint density at radius 2 is 2.27 bits per heavy atom. The summed E-state index contributed by atoms with van der Waals surface area (Å²) >= 11 is 1.70. The lowest BCUT2D eigenvalue weighted by molar-refractivity contribution is 0.0682. The predicted octanol–water partition coefficient (Wildman–Crippen LogP) is 2.33. The van der Waals surface area contributed by atoms with E-state index in [1.165, 1.54) is 7.11 Å². The Morgan fingerprint density at radius 1 is 1.67 bits per heavy atom. The number of carboxylic acid groups (broad SMARTS) is 1. The first-order chi connectivity index (χ1) is 6.99. The molecule has 0 aliphatic carbocycles. The molecule has 0 saturated heterocycles. The highest BCUT2D eigenvalue weighted by molar-refractivity contribution is 14.1. The average Bonchev–Trinajstić information content (AvgIpc) is 2.16. The maximum absolute atomic E-state index is 12.6. The number of rotatable bonds is 3. The Bertz CT molecular complexity index is 398. The van der Waals surface area contributed by atoms with Gasteiger partial charge in [0, 0.05) is 6.20 Å². The van der Waals surface area contributed by atoms with Gasteiger partial charge in [-0.2, -0.15) is 0 Å². The molecule has 0 radical (unpaired) electrons. The van der Waals surface area contributed by atoms with E-state index in [1.807, 2.05) is 0 Å². The number of aromatic nitrogens is 1. The number of carbonyl (C=O) groups is 1. The van der Waals surface area contributed by atoms with Crippen molar-refractivity contribution in [2.24, 2.45) is 0 Å². The summed E-state index contributed by atoms with van der Waals surface area (Å²) in [7, 11) is 1.19. The predicted molar refractivity (Wildman–Crippen MR) is 55.4 cm³/mol. The van der Waals surface area contributed by atoms with Gasteiger partial charge in [0.25, 0.3) is 6.43 Å². The van der Waals surface area contributed by atoms with Crippen LogP contribution >= 0.6 is 22.6 Å². The largest absolute Gasteiger partial charge is 0.493 e. The number of halogens is 3. The van der Waals surface area contributed by atoms with E-state index >= 15 is 0 Å². The van der Waals surface area contributed by atoms with Gasteiger partial charge in [-0.1, -0.05) is 0 Å². The number of pyridine rings is 1. The van der Waals surface area contributed by atoms with E-state index < -0.39 is 23.5 Å². The molecule has 1 rings (SSSR count). The third-order valence-corrected chi connectivity index (χ3v) is 2.45. The van der Waals surface area contributed by atoms with Gasteiger partial charge in [0.05, 0.1) is 18.2 Å². The zero-order chi connectivity index (χ0) is 11.6. The first-order valence-corrected chi connectivity index (χ1v) is 4.80. The number of hydrogen-bond acceptors (Lipinski definition) is 3. The molecule has 0 fully saturated rings. The summed E-state index contributed by atoms with van der Waals surface area (Å²) in [5, 5.41) is 8.69. The summed E-state index contributed by atoms with van der Waals surface area (Å²) in [6, 6.07) is 0. The lowest BCUT2D eigenvalue weighted by Crippen LogP contribution is -2.08. The smallest absolute Gasteiger partial charge is 0.337 e. The highest BCUT2D eigenvalue weighted by Crippen LogP contribution is 2.34. The third-order valence-electron chi connectivity index (χ3n) is 1.68. The Morgan fingerprint density at radius 3 is 2.67 bits per heavy atom. The monoisotopic (exact) mass is 329 g/mol. The SMILES string of the molecule is COc1c(I)ncc(C(=O)O)c1C(F)F. The maximum Gasteiger partial charge on any atom is 0.337 e. The van der Waals surface area contributed by atoms with Crippen LogP contribution in [0.25, 0.3) is 0 Å². The van der Waals surface area contributed by atoms with Crippen molar-refractivity contribution in [3.05, 3.63) is 21.0 Å². The molecule has 0 atom stereocenters. The van der Waals surface area contributed by atoms with Crippen molar-refractivity contribution >= 4 is 28.6 Å². The standard InChI is InChI=1S/C8H6F2INO3/c1-15-5-4(6(9)10)3(8(13)14)2-12-7(5)11/h2,6H,1H3,(H,13,14). The van der Waals surface area contributed by atoms with Crippen LogP contribution in [0.2, 0.25) is 0 Å². The fourth-order valence-electron chi connectivity index (χ4n) is 1.06. The molecule has 0 aliphatic rings. The molecule has 0 amide bonds. The third kappa shape index (κ3) is 2.33. The van der Waals surface area contributed by atoms with Crippen molar-refractivity contribution in [3.8, 4) is 5.75 Å². The molecule has 7 heteroatoms. The summed E-state index contributed by atoms with van der Waals surface area (Å²) in [6.07, 6.45) is -2.02. The Balaban J connectivity index is 3.49. The molecule has 1 heterocycles. The Labute approximate surface area is 97.4 Å². The molecule has 0 spiro atoms. The number of nitrogens with zero attached hydrogens (tertiary/aromatic N) is 1. The van der Waals surface area contributed by atoms with Crippen LogP contribution in [-0.4, -0.2) is 23.2 Å². The minimum Gasteiger partial charge on any atom is -0.493 e. The van der Waals surface area contributed by atoms with Gasteiger partial charge >= 0.3 is 5.97 Å². The molecule has 0 saturated carbocycles. The summed E-state index contributed by atoms with van der Waals surface area (Å²) < 4.78 is 30.2. The molecule has 82 valence electrons. The van der Waals surface area contributed by atoms with Crippen molar-refractivity contribution in [2.45, 2.75) is 6.43 Å². The van der Waals surface area contributed by atoms with E-state index in [4.69, 9.17) is 9.84 Å². The zero-order valence-electron chi connectivity index (χ0n) is 7.50. The fourth-order valence-corrected chi connectivity index (χ4v) is 1.71. The molecule has 4 nitrogen and oxygen atoms in total. The van der Waals surface area contributed by atoms with E-state index in [0.717, 1.165) is 6.20 Å². The summed E-state index contributed by atoms with van der Waals surface area (Å²) in [4.78, 5) is 14.3. The van der Waals surface area contributed by atoms with Gasteiger partial charge in [-0.3, -0.25) is 0 Å². The van der Waals surface area contributed by atoms with Crippen LogP contribution < -0.4 is 4.74 Å². The number of hydrogen-bond donors (Lipinski definition) is 1. The summed E-state index contributed by atoms with van der Waals surface area (Å²) in [5.74, 6) is -1.64. The minimum atomic E-state index is -2.91. The number of ether oxygens (including phenoxy) is 1. The van der Waals surface area contributed by atoms with E-state index in [-0.39, 0.29) is 9.45 Å². The quantitative estimate of drug-likeness (QED) is 0.683. The van der Waals surface area contributed by atoms with Gasteiger partial charge in [0.2, 0.25) is 0 Å². The van der Waals surface area contributed by atoms with Gasteiger partial charge in [0.15, 0.2) is 5.75 Å². The number of methoxy groups -OCH3 is 1. The second kappa shape index (κ2) is 4.69. The molecule has 1 aromatic rings. The lowest BCUT2D eigenvalue weighted by atomic mass is 10.1. The van der Waals surface area contributed by atoms with Gasteiger partial charge in [-0.15, -0.1) is 0 Å². The van der Waals surface area contributed by atoms with E-state index in [1.54, 1.807) is 22.6 Å². The molecular formula is C8H6F2INO3.